The van der Waals surface area contributed by atoms with Crippen LogP contribution in [0.5, 0.6) is 0 Å². The van der Waals surface area contributed by atoms with Crippen LogP contribution in [0.3, 0.4) is 0 Å². The summed E-state index contributed by atoms with van der Waals surface area (Å²) >= 11 is 1.57. The van der Waals surface area contributed by atoms with Gasteiger partial charge in [0, 0.05) is 19.2 Å². The number of unbranched alkanes of at least 4 members (excludes halogenated alkanes) is 2. The lowest BCUT2D eigenvalue weighted by molar-refractivity contribution is 0.342. The topological polar surface area (TPSA) is 49.8 Å². The van der Waals surface area contributed by atoms with E-state index >= 15 is 0 Å². The summed E-state index contributed by atoms with van der Waals surface area (Å²) in [5, 5.41) is 7.54. The minimum atomic E-state index is 0.290. The summed E-state index contributed by atoms with van der Waals surface area (Å²) in [4.78, 5) is 8.98. The number of rotatable bonds is 10. The Morgan fingerprint density at radius 2 is 1.76 bits per heavy atom. The molecule has 0 amide bonds. The highest BCUT2D eigenvalue weighted by atomic mass is 32.2. The Kier molecular flexibility index (Phi) is 7.86. The summed E-state index contributed by atoms with van der Waals surface area (Å²) in [5.41, 5.74) is 0.290. The largest absolute Gasteiger partial charge is 0.370 e. The van der Waals surface area contributed by atoms with Gasteiger partial charge < -0.3 is 10.6 Å². The van der Waals surface area contributed by atoms with Crippen LogP contribution in [-0.4, -0.2) is 29.3 Å². The minimum absolute atomic E-state index is 0.290. The van der Waals surface area contributed by atoms with Crippen molar-refractivity contribution in [3.05, 3.63) is 6.07 Å². The Morgan fingerprint density at radius 1 is 1.10 bits per heavy atom. The van der Waals surface area contributed by atoms with Gasteiger partial charge in [-0.3, -0.25) is 0 Å². The van der Waals surface area contributed by atoms with Crippen LogP contribution in [0.15, 0.2) is 11.2 Å². The molecule has 1 aromatic heterocycles. The smallest absolute Gasteiger partial charge is 0.191 e. The Balaban J connectivity index is 2.62. The van der Waals surface area contributed by atoms with E-state index in [-0.39, 0.29) is 5.41 Å². The van der Waals surface area contributed by atoms with E-state index in [9.17, 15) is 0 Å². The van der Waals surface area contributed by atoms with Gasteiger partial charge in [-0.05, 0) is 25.0 Å². The molecule has 0 aliphatic heterocycles. The highest BCUT2D eigenvalue weighted by molar-refractivity contribution is 7.98. The van der Waals surface area contributed by atoms with Crippen molar-refractivity contribution < 1.29 is 0 Å². The van der Waals surface area contributed by atoms with E-state index < -0.39 is 0 Å². The first-order chi connectivity index (χ1) is 10.0. The summed E-state index contributed by atoms with van der Waals surface area (Å²) in [5.74, 6) is 1.80. The Labute approximate surface area is 133 Å². The summed E-state index contributed by atoms with van der Waals surface area (Å²) in [6.07, 6.45) is 7.14. The first-order valence-corrected chi connectivity index (χ1v) is 9.14. The third-order valence-corrected chi connectivity index (χ3v) is 4.00. The van der Waals surface area contributed by atoms with E-state index in [0.717, 1.165) is 29.9 Å². The maximum Gasteiger partial charge on any atom is 0.191 e. The molecule has 0 saturated heterocycles. The molecule has 0 saturated carbocycles. The van der Waals surface area contributed by atoms with Crippen molar-refractivity contribution in [3.63, 3.8) is 0 Å². The number of hydrogen-bond acceptors (Lipinski definition) is 5. The molecule has 120 valence electrons. The highest BCUT2D eigenvalue weighted by Crippen LogP contribution is 2.25. The monoisotopic (exact) mass is 310 g/mol. The minimum Gasteiger partial charge on any atom is -0.370 e. The molecule has 0 aliphatic rings. The normalized spacial score (nSPS) is 11.5. The van der Waals surface area contributed by atoms with E-state index in [1.54, 1.807) is 11.8 Å². The maximum absolute atomic E-state index is 4.53. The molecule has 2 N–H and O–H groups in total. The van der Waals surface area contributed by atoms with Crippen molar-refractivity contribution in [2.45, 2.75) is 58.5 Å². The van der Waals surface area contributed by atoms with Gasteiger partial charge in [-0.25, -0.2) is 9.97 Å². The molecule has 1 aromatic rings. The molecule has 0 aliphatic carbocycles. The zero-order chi connectivity index (χ0) is 15.7. The second-order valence-corrected chi connectivity index (χ2v) is 6.90. The fraction of sp³-hybridized carbons (Fsp3) is 0.750. The van der Waals surface area contributed by atoms with Crippen molar-refractivity contribution in [3.8, 4) is 0 Å². The Morgan fingerprint density at radius 3 is 2.33 bits per heavy atom. The van der Waals surface area contributed by atoms with Crippen molar-refractivity contribution in [2.24, 2.45) is 5.41 Å². The molecule has 1 rings (SSSR count). The van der Waals surface area contributed by atoms with E-state index in [1.807, 2.05) is 12.3 Å². The highest BCUT2D eigenvalue weighted by Gasteiger charge is 2.17. The fourth-order valence-electron chi connectivity index (χ4n) is 2.15. The van der Waals surface area contributed by atoms with Gasteiger partial charge in [-0.2, -0.15) is 0 Å². The van der Waals surface area contributed by atoms with Crippen LogP contribution < -0.4 is 10.6 Å². The van der Waals surface area contributed by atoms with Gasteiger partial charge in [0.05, 0.1) is 0 Å². The van der Waals surface area contributed by atoms with Crippen molar-refractivity contribution in [2.75, 3.05) is 30.0 Å². The lowest BCUT2D eigenvalue weighted by Crippen LogP contribution is -2.23. The van der Waals surface area contributed by atoms with Gasteiger partial charge in [0.2, 0.25) is 0 Å². The van der Waals surface area contributed by atoms with Crippen LogP contribution in [0.4, 0.5) is 11.6 Å². The fourth-order valence-corrected chi connectivity index (χ4v) is 2.53. The molecule has 0 spiro atoms. The zero-order valence-corrected chi connectivity index (χ0v) is 14.9. The molecule has 0 fully saturated rings. The third-order valence-electron chi connectivity index (χ3n) is 3.45. The van der Waals surface area contributed by atoms with Crippen molar-refractivity contribution >= 4 is 23.4 Å². The quantitative estimate of drug-likeness (QED) is 0.374. The Hall–Kier alpha value is -0.970. The van der Waals surface area contributed by atoms with Crippen LogP contribution in [0.1, 0.15) is 53.4 Å². The second-order valence-electron chi connectivity index (χ2n) is 6.13. The van der Waals surface area contributed by atoms with Crippen LogP contribution in [-0.2, 0) is 0 Å². The van der Waals surface area contributed by atoms with Gasteiger partial charge >= 0.3 is 0 Å². The average molecular weight is 311 g/mol. The van der Waals surface area contributed by atoms with Crippen molar-refractivity contribution in [1.82, 2.24) is 9.97 Å². The summed E-state index contributed by atoms with van der Waals surface area (Å²) < 4.78 is 0. The van der Waals surface area contributed by atoms with Crippen LogP contribution in [0.25, 0.3) is 0 Å². The predicted molar refractivity (Wildman–Crippen MR) is 94.4 cm³/mol. The second kappa shape index (κ2) is 9.13. The number of aromatic nitrogens is 2. The summed E-state index contributed by atoms with van der Waals surface area (Å²) in [6.45, 7) is 10.8. The molecule has 0 atom stereocenters. The number of nitrogens with zero attached hydrogens (tertiary/aromatic N) is 2. The van der Waals surface area contributed by atoms with Crippen LogP contribution in [0.2, 0.25) is 0 Å². The van der Waals surface area contributed by atoms with E-state index in [0.29, 0.717) is 0 Å². The maximum atomic E-state index is 4.53. The van der Waals surface area contributed by atoms with E-state index in [1.165, 1.54) is 25.7 Å². The summed E-state index contributed by atoms with van der Waals surface area (Å²) in [6, 6.07) is 1.99. The first kappa shape index (κ1) is 18.1. The molecule has 5 heteroatoms. The lowest BCUT2D eigenvalue weighted by atomic mass is 9.87. The van der Waals surface area contributed by atoms with Gasteiger partial charge in [-0.15, -0.1) is 0 Å². The van der Waals surface area contributed by atoms with Gasteiger partial charge in [-0.1, -0.05) is 51.8 Å². The average Bonchev–Trinajstić information content (AvgIpc) is 2.45. The number of thioether (sulfide) groups is 1. The van der Waals surface area contributed by atoms with E-state index in [4.69, 9.17) is 0 Å². The lowest BCUT2D eigenvalue weighted by Gasteiger charge is -2.25. The standard InChI is InChI=1S/C16H30N4S/c1-6-8-9-10-16(3,4)12-18-14-11-13(17-7-2)19-15(20-14)21-5/h11H,6-10,12H2,1-5H3,(H2,17,18,19,20). The number of hydrogen-bond donors (Lipinski definition) is 2. The van der Waals surface area contributed by atoms with E-state index in [2.05, 4.69) is 48.3 Å². The van der Waals surface area contributed by atoms with Crippen molar-refractivity contribution in [1.29, 1.82) is 0 Å². The number of anilines is 2. The molecule has 0 bridgehead atoms. The van der Waals surface area contributed by atoms with Gasteiger partial charge in [0.25, 0.3) is 0 Å². The molecule has 21 heavy (non-hydrogen) atoms. The Bertz CT molecular complexity index is 421. The molecule has 4 nitrogen and oxygen atoms in total. The molecular weight excluding hydrogens is 280 g/mol. The summed E-state index contributed by atoms with van der Waals surface area (Å²) in [7, 11) is 0. The van der Waals surface area contributed by atoms with Gasteiger partial charge in [0.15, 0.2) is 5.16 Å². The zero-order valence-electron chi connectivity index (χ0n) is 14.1. The molecule has 0 unspecified atom stereocenters. The van der Waals surface area contributed by atoms with Gasteiger partial charge in [0.1, 0.15) is 11.6 Å². The predicted octanol–water partition coefficient (Wildman–Crippen LogP) is 4.65. The van der Waals surface area contributed by atoms with Crippen LogP contribution >= 0.6 is 11.8 Å². The number of nitrogens with one attached hydrogen (secondary N) is 2. The molecule has 0 aromatic carbocycles. The SMILES string of the molecule is CCCCCC(C)(C)CNc1cc(NCC)nc(SC)n1. The molecular formula is C16H30N4S. The van der Waals surface area contributed by atoms with Crippen LogP contribution in [0, 0.1) is 5.41 Å². The first-order valence-electron chi connectivity index (χ1n) is 7.91. The molecule has 1 heterocycles. The molecule has 0 radical (unpaired) electrons. The third kappa shape index (κ3) is 7.02.